The minimum atomic E-state index is -1.06. The Morgan fingerprint density at radius 1 is 1.00 bits per heavy atom. The minimum Gasteiger partial charge on any atom is -0.481 e. The van der Waals surface area contributed by atoms with Gasteiger partial charge in [-0.15, -0.1) is 0 Å². The van der Waals surface area contributed by atoms with E-state index in [0.29, 0.717) is 37.3 Å². The number of aromatic nitrogens is 1. The van der Waals surface area contributed by atoms with Gasteiger partial charge in [-0.3, -0.25) is 19.4 Å². The monoisotopic (exact) mass is 514 g/mol. The number of nitrogens with zero attached hydrogens (tertiary/aromatic N) is 2. The van der Waals surface area contributed by atoms with E-state index < -0.39 is 12.0 Å². The molecule has 1 aliphatic heterocycles. The van der Waals surface area contributed by atoms with E-state index in [9.17, 15) is 19.5 Å². The van der Waals surface area contributed by atoms with Crippen molar-refractivity contribution >= 4 is 23.5 Å². The number of carbonyl (C=O) groups is 3. The molecule has 2 heterocycles. The normalized spacial score (nSPS) is 14.8. The first-order valence-corrected chi connectivity index (χ1v) is 13.1. The molecule has 0 spiro atoms. The molecule has 1 unspecified atom stereocenters. The summed E-state index contributed by atoms with van der Waals surface area (Å²) in [6, 6.07) is 18.3. The molecule has 2 amide bonds. The van der Waals surface area contributed by atoms with Crippen molar-refractivity contribution in [3.63, 3.8) is 0 Å². The maximum atomic E-state index is 13.2. The SMILES string of the molecule is O=C(O)CC1Nc2cc(C(=O)NCCCCCc3cccnc3)ccc2CN(CCc2ccccc2)C1=O. The molecule has 1 atom stereocenters. The average Bonchev–Trinajstić information content (AvgIpc) is 3.05. The van der Waals surface area contributed by atoms with Crippen LogP contribution in [0.3, 0.4) is 0 Å². The van der Waals surface area contributed by atoms with E-state index >= 15 is 0 Å². The van der Waals surface area contributed by atoms with Crippen molar-refractivity contribution in [1.82, 2.24) is 15.2 Å². The summed E-state index contributed by atoms with van der Waals surface area (Å²) in [6.45, 7) is 1.40. The summed E-state index contributed by atoms with van der Waals surface area (Å²) in [5, 5.41) is 15.5. The van der Waals surface area contributed by atoms with Crippen LogP contribution in [0.2, 0.25) is 0 Å². The number of aryl methyl sites for hydroxylation is 1. The zero-order valence-electron chi connectivity index (χ0n) is 21.4. The summed E-state index contributed by atoms with van der Waals surface area (Å²) < 4.78 is 0. The van der Waals surface area contributed by atoms with Gasteiger partial charge in [0.05, 0.1) is 6.42 Å². The van der Waals surface area contributed by atoms with E-state index in [4.69, 9.17) is 0 Å². The highest BCUT2D eigenvalue weighted by molar-refractivity contribution is 5.96. The molecule has 0 fully saturated rings. The van der Waals surface area contributed by atoms with Gasteiger partial charge in [0.1, 0.15) is 6.04 Å². The molecule has 3 aromatic rings. The quantitative estimate of drug-likeness (QED) is 0.314. The van der Waals surface area contributed by atoms with Crippen LogP contribution in [-0.4, -0.2) is 51.9 Å². The smallest absolute Gasteiger partial charge is 0.305 e. The zero-order chi connectivity index (χ0) is 26.7. The van der Waals surface area contributed by atoms with E-state index in [-0.39, 0.29) is 18.2 Å². The highest BCUT2D eigenvalue weighted by Gasteiger charge is 2.31. The van der Waals surface area contributed by atoms with Gasteiger partial charge in [-0.2, -0.15) is 0 Å². The number of pyridine rings is 1. The maximum Gasteiger partial charge on any atom is 0.305 e. The average molecular weight is 515 g/mol. The number of fused-ring (bicyclic) bond motifs is 1. The third-order valence-corrected chi connectivity index (χ3v) is 6.72. The zero-order valence-corrected chi connectivity index (χ0v) is 21.4. The number of rotatable bonds is 12. The highest BCUT2D eigenvalue weighted by Crippen LogP contribution is 2.26. The number of nitrogens with one attached hydrogen (secondary N) is 2. The lowest BCUT2D eigenvalue weighted by Gasteiger charge is -2.24. The van der Waals surface area contributed by atoms with Gasteiger partial charge in [0.25, 0.3) is 5.91 Å². The maximum absolute atomic E-state index is 13.2. The number of anilines is 1. The van der Waals surface area contributed by atoms with Crippen LogP contribution < -0.4 is 10.6 Å². The Morgan fingerprint density at radius 3 is 2.58 bits per heavy atom. The van der Waals surface area contributed by atoms with Crippen molar-refractivity contribution in [1.29, 1.82) is 0 Å². The number of aliphatic carboxylic acids is 1. The fraction of sp³-hybridized carbons (Fsp3) is 0.333. The molecular formula is C30H34N4O4. The molecule has 1 aliphatic rings. The number of benzene rings is 2. The van der Waals surface area contributed by atoms with Gasteiger partial charge in [0.15, 0.2) is 0 Å². The third kappa shape index (κ3) is 7.65. The molecule has 38 heavy (non-hydrogen) atoms. The van der Waals surface area contributed by atoms with E-state index in [1.54, 1.807) is 23.2 Å². The van der Waals surface area contributed by atoms with Crippen molar-refractivity contribution in [3.05, 3.63) is 95.3 Å². The Hall–Kier alpha value is -4.20. The Morgan fingerprint density at radius 2 is 1.82 bits per heavy atom. The molecule has 0 saturated carbocycles. The standard InChI is InChI=1S/C30H34N4O4/c35-28(36)19-27-30(38)34(17-14-22-8-3-1-4-9-22)21-25-13-12-24(18-26(25)33-27)29(37)32-16-6-2-5-10-23-11-7-15-31-20-23/h1,3-4,7-9,11-13,15,18,20,27,33H,2,5-6,10,14,16-17,19,21H2,(H,32,37)(H,35,36). The summed E-state index contributed by atoms with van der Waals surface area (Å²) in [7, 11) is 0. The second kappa shape index (κ2) is 13.4. The van der Waals surface area contributed by atoms with E-state index in [1.807, 2.05) is 48.7 Å². The van der Waals surface area contributed by atoms with Gasteiger partial charge in [0, 0.05) is 43.3 Å². The van der Waals surface area contributed by atoms with Crippen molar-refractivity contribution in [3.8, 4) is 0 Å². The molecule has 0 radical (unpaired) electrons. The lowest BCUT2D eigenvalue weighted by atomic mass is 10.1. The van der Waals surface area contributed by atoms with Crippen LogP contribution in [0.5, 0.6) is 0 Å². The van der Waals surface area contributed by atoms with Crippen molar-refractivity contribution in [2.45, 2.75) is 51.1 Å². The second-order valence-electron chi connectivity index (χ2n) is 9.59. The highest BCUT2D eigenvalue weighted by atomic mass is 16.4. The molecule has 198 valence electrons. The number of unbranched alkanes of at least 4 members (excludes halogenated alkanes) is 2. The van der Waals surface area contributed by atoms with E-state index in [2.05, 4.69) is 21.7 Å². The number of hydrogen-bond acceptors (Lipinski definition) is 5. The first-order valence-electron chi connectivity index (χ1n) is 13.1. The Balaban J connectivity index is 1.35. The Bertz CT molecular complexity index is 1230. The molecule has 8 nitrogen and oxygen atoms in total. The number of amides is 2. The molecule has 2 aromatic carbocycles. The van der Waals surface area contributed by atoms with Crippen LogP contribution in [0, 0.1) is 0 Å². The number of hydrogen-bond donors (Lipinski definition) is 3. The van der Waals surface area contributed by atoms with Gasteiger partial charge in [-0.05, 0) is 60.6 Å². The number of carboxylic acid groups (broad SMARTS) is 1. The summed E-state index contributed by atoms with van der Waals surface area (Å²) in [5.41, 5.74) is 4.27. The van der Waals surface area contributed by atoms with Gasteiger partial charge in [-0.25, -0.2) is 0 Å². The van der Waals surface area contributed by atoms with E-state index in [0.717, 1.165) is 36.8 Å². The van der Waals surface area contributed by atoms with Crippen molar-refractivity contribution in [2.75, 3.05) is 18.4 Å². The van der Waals surface area contributed by atoms with Crippen LogP contribution in [0.15, 0.2) is 73.1 Å². The van der Waals surface area contributed by atoms with Gasteiger partial charge < -0.3 is 20.6 Å². The largest absolute Gasteiger partial charge is 0.481 e. The first-order chi connectivity index (χ1) is 18.5. The summed E-state index contributed by atoms with van der Waals surface area (Å²) in [4.78, 5) is 43.3. The molecule has 0 bridgehead atoms. The van der Waals surface area contributed by atoms with Gasteiger partial charge in [0.2, 0.25) is 5.91 Å². The van der Waals surface area contributed by atoms with Gasteiger partial charge in [-0.1, -0.05) is 48.9 Å². The topological polar surface area (TPSA) is 112 Å². The van der Waals surface area contributed by atoms with Crippen molar-refractivity contribution < 1.29 is 19.5 Å². The second-order valence-corrected chi connectivity index (χ2v) is 9.59. The molecule has 0 aliphatic carbocycles. The fourth-order valence-corrected chi connectivity index (χ4v) is 4.64. The third-order valence-electron chi connectivity index (χ3n) is 6.72. The Kier molecular flexibility index (Phi) is 9.45. The molecule has 4 rings (SSSR count). The summed E-state index contributed by atoms with van der Waals surface area (Å²) >= 11 is 0. The summed E-state index contributed by atoms with van der Waals surface area (Å²) in [5.74, 6) is -1.50. The molecule has 3 N–H and O–H groups in total. The lowest BCUT2D eigenvalue weighted by Crippen LogP contribution is -2.42. The van der Waals surface area contributed by atoms with E-state index in [1.165, 1.54) is 5.56 Å². The fourth-order valence-electron chi connectivity index (χ4n) is 4.64. The molecular weight excluding hydrogens is 480 g/mol. The van der Waals surface area contributed by atoms with Crippen LogP contribution in [0.1, 0.15) is 52.7 Å². The molecule has 8 heteroatoms. The summed E-state index contributed by atoms with van der Waals surface area (Å²) in [6.07, 6.45) is 7.86. The number of carboxylic acids is 1. The van der Waals surface area contributed by atoms with Gasteiger partial charge >= 0.3 is 5.97 Å². The predicted octanol–water partition coefficient (Wildman–Crippen LogP) is 4.06. The molecule has 1 aromatic heterocycles. The minimum absolute atomic E-state index is 0.187. The predicted molar refractivity (Wildman–Crippen MR) is 146 cm³/mol. The number of carbonyl (C=O) groups excluding carboxylic acids is 2. The van der Waals surface area contributed by atoms with Crippen molar-refractivity contribution in [2.24, 2.45) is 0 Å². The lowest BCUT2D eigenvalue weighted by molar-refractivity contribution is -0.141. The van der Waals surface area contributed by atoms with Crippen LogP contribution in [-0.2, 0) is 29.0 Å². The van der Waals surface area contributed by atoms with Crippen LogP contribution in [0.4, 0.5) is 5.69 Å². The van der Waals surface area contributed by atoms with Crippen LogP contribution >= 0.6 is 0 Å². The molecule has 0 saturated heterocycles. The Labute approximate surface area is 223 Å². The van der Waals surface area contributed by atoms with Crippen LogP contribution in [0.25, 0.3) is 0 Å². The first kappa shape index (κ1) is 26.9.